The van der Waals surface area contributed by atoms with Gasteiger partial charge in [0.25, 0.3) is 0 Å². The largest absolute Gasteiger partial charge is 0.494 e. The Morgan fingerprint density at radius 1 is 1.33 bits per heavy atom. The first-order valence-corrected chi connectivity index (χ1v) is 9.11. The fourth-order valence-corrected chi connectivity index (χ4v) is 5.24. The Morgan fingerprint density at radius 3 is 2.67 bits per heavy atom. The maximum Gasteiger partial charge on any atom is 0.246 e. The highest BCUT2D eigenvalue weighted by Crippen LogP contribution is 2.45. The second-order valence-corrected chi connectivity index (χ2v) is 8.29. The number of ether oxygens (including phenoxy) is 1. The summed E-state index contributed by atoms with van der Waals surface area (Å²) in [5.41, 5.74) is 0.0834. The van der Waals surface area contributed by atoms with E-state index in [4.69, 9.17) is 9.15 Å². The summed E-state index contributed by atoms with van der Waals surface area (Å²) in [7, 11) is -2.23. The summed E-state index contributed by atoms with van der Waals surface area (Å²) in [6.45, 7) is 4.10. The Kier molecular flexibility index (Phi) is 4.17. The number of nitrogens with zero attached hydrogens (tertiary/aromatic N) is 1. The van der Waals surface area contributed by atoms with Crippen LogP contribution in [0.3, 0.4) is 0 Å². The van der Waals surface area contributed by atoms with Crippen LogP contribution in [0.4, 0.5) is 4.39 Å². The fraction of sp³-hybridized carbons (Fsp3) is 0.412. The Bertz CT molecular complexity index is 830. The molecule has 1 aromatic heterocycles. The molecule has 0 aliphatic carbocycles. The molecule has 0 amide bonds. The molecule has 1 atom stereocenters. The molecule has 1 aliphatic rings. The van der Waals surface area contributed by atoms with Crippen LogP contribution in [-0.4, -0.2) is 31.9 Å². The van der Waals surface area contributed by atoms with Gasteiger partial charge in [-0.2, -0.15) is 4.31 Å². The lowest BCUT2D eigenvalue weighted by Crippen LogP contribution is -2.45. The van der Waals surface area contributed by atoms with Crippen LogP contribution >= 0.6 is 0 Å². The number of halogens is 1. The molecule has 1 unspecified atom stereocenters. The molecule has 1 aromatic carbocycles. The van der Waals surface area contributed by atoms with E-state index in [1.165, 1.54) is 36.1 Å². The summed E-state index contributed by atoms with van der Waals surface area (Å²) in [5, 5.41) is 0. The van der Waals surface area contributed by atoms with Crippen LogP contribution in [0.15, 0.2) is 46.1 Å². The van der Waals surface area contributed by atoms with E-state index in [0.29, 0.717) is 13.0 Å². The molecule has 1 fully saturated rings. The van der Waals surface area contributed by atoms with E-state index in [1.807, 2.05) is 13.8 Å². The van der Waals surface area contributed by atoms with Gasteiger partial charge >= 0.3 is 0 Å². The van der Waals surface area contributed by atoms with Gasteiger partial charge in [0.2, 0.25) is 10.0 Å². The number of furan rings is 1. The molecule has 5 nitrogen and oxygen atoms in total. The van der Waals surface area contributed by atoms with Crippen LogP contribution in [-0.2, 0) is 10.0 Å². The van der Waals surface area contributed by atoms with Gasteiger partial charge in [0, 0.05) is 18.0 Å². The normalized spacial score (nSPS) is 21.1. The maximum atomic E-state index is 14.0. The topological polar surface area (TPSA) is 59.8 Å². The van der Waals surface area contributed by atoms with Crippen molar-refractivity contribution in [3.8, 4) is 5.75 Å². The van der Waals surface area contributed by atoms with Gasteiger partial charge in [-0.1, -0.05) is 6.07 Å². The van der Waals surface area contributed by atoms with Crippen LogP contribution in [0.5, 0.6) is 5.75 Å². The number of hydrogen-bond acceptors (Lipinski definition) is 4. The van der Waals surface area contributed by atoms with E-state index in [9.17, 15) is 12.8 Å². The number of hydrogen-bond donors (Lipinski definition) is 0. The van der Waals surface area contributed by atoms with Crippen LogP contribution < -0.4 is 4.74 Å². The van der Waals surface area contributed by atoms with Gasteiger partial charge in [0.15, 0.2) is 11.6 Å². The first-order chi connectivity index (χ1) is 11.3. The summed E-state index contributed by atoms with van der Waals surface area (Å²) in [6, 6.07) is 6.24. The van der Waals surface area contributed by atoms with E-state index in [1.54, 1.807) is 12.1 Å². The summed E-state index contributed by atoms with van der Waals surface area (Å²) in [5.74, 6) is -0.376. The van der Waals surface area contributed by atoms with Gasteiger partial charge in [0.05, 0.1) is 13.4 Å². The third-order valence-corrected chi connectivity index (χ3v) is 6.84. The van der Waals surface area contributed by atoms with Gasteiger partial charge in [-0.3, -0.25) is 0 Å². The summed E-state index contributed by atoms with van der Waals surface area (Å²) in [6.07, 6.45) is 3.19. The molecule has 0 N–H and O–H groups in total. The highest BCUT2D eigenvalue weighted by molar-refractivity contribution is 7.89. The average molecular weight is 353 g/mol. The third-order valence-electron chi connectivity index (χ3n) is 4.78. The Hall–Kier alpha value is -1.86. The first-order valence-electron chi connectivity index (χ1n) is 7.67. The molecule has 0 radical (unpaired) electrons. The molecule has 3 rings (SSSR count). The molecule has 1 saturated heterocycles. The van der Waals surface area contributed by atoms with Crippen molar-refractivity contribution in [2.24, 2.45) is 0 Å². The van der Waals surface area contributed by atoms with Crippen molar-refractivity contribution < 1.29 is 22.0 Å². The van der Waals surface area contributed by atoms with Crippen molar-refractivity contribution in [1.29, 1.82) is 0 Å². The van der Waals surface area contributed by atoms with Crippen molar-refractivity contribution in [3.63, 3.8) is 0 Å². The summed E-state index contributed by atoms with van der Waals surface area (Å²) >= 11 is 0. The second-order valence-electron chi connectivity index (χ2n) is 6.43. The molecule has 2 aromatic rings. The van der Waals surface area contributed by atoms with Crippen LogP contribution in [0, 0.1) is 5.82 Å². The molecular formula is C17H20FNO4S. The van der Waals surface area contributed by atoms with Gasteiger partial charge in [-0.25, -0.2) is 12.8 Å². The molecule has 2 heterocycles. The third kappa shape index (κ3) is 2.61. The molecular weight excluding hydrogens is 333 g/mol. The lowest BCUT2D eigenvalue weighted by atomic mass is 9.83. The first kappa shape index (κ1) is 17.0. The summed E-state index contributed by atoms with van der Waals surface area (Å²) < 4.78 is 51.0. The monoisotopic (exact) mass is 353 g/mol. The van der Waals surface area contributed by atoms with Crippen molar-refractivity contribution in [3.05, 3.63) is 48.2 Å². The van der Waals surface area contributed by atoms with E-state index < -0.39 is 21.4 Å². The van der Waals surface area contributed by atoms with E-state index in [-0.39, 0.29) is 16.6 Å². The van der Waals surface area contributed by atoms with Gasteiger partial charge in [-0.15, -0.1) is 0 Å². The second kappa shape index (κ2) is 5.89. The van der Waals surface area contributed by atoms with E-state index >= 15 is 0 Å². The van der Waals surface area contributed by atoms with Crippen molar-refractivity contribution in [2.75, 3.05) is 13.7 Å². The highest BCUT2D eigenvalue weighted by Gasteiger charge is 2.48. The molecule has 1 aliphatic heterocycles. The highest BCUT2D eigenvalue weighted by atomic mass is 32.2. The van der Waals surface area contributed by atoms with Crippen LogP contribution in [0.25, 0.3) is 0 Å². The number of benzene rings is 1. The zero-order valence-electron chi connectivity index (χ0n) is 13.8. The zero-order valence-corrected chi connectivity index (χ0v) is 14.6. The average Bonchev–Trinajstić information content (AvgIpc) is 3.15. The summed E-state index contributed by atoms with van der Waals surface area (Å²) in [4.78, 5) is 0.136. The van der Waals surface area contributed by atoms with Gasteiger partial charge < -0.3 is 9.15 Å². The van der Waals surface area contributed by atoms with Crippen LogP contribution in [0.1, 0.15) is 31.7 Å². The van der Waals surface area contributed by atoms with Crippen LogP contribution in [0.2, 0.25) is 0 Å². The Morgan fingerprint density at radius 2 is 2.08 bits per heavy atom. The fourth-order valence-electron chi connectivity index (χ4n) is 3.49. The predicted octanol–water partition coefficient (Wildman–Crippen LogP) is 3.38. The standard InChI is InChI=1S/C17H20FNO4S/c1-17(2)14(12-4-5-16(22-3)15(18)10-12)6-8-19(17)24(20,21)13-7-9-23-11-13/h4-5,7,9-11,14H,6,8H2,1-3H3. The van der Waals surface area contributed by atoms with Gasteiger partial charge in [0.1, 0.15) is 11.2 Å². The number of methoxy groups -OCH3 is 1. The van der Waals surface area contributed by atoms with Crippen molar-refractivity contribution in [1.82, 2.24) is 4.31 Å². The smallest absolute Gasteiger partial charge is 0.246 e. The van der Waals surface area contributed by atoms with Gasteiger partial charge in [-0.05, 0) is 44.0 Å². The quantitative estimate of drug-likeness (QED) is 0.845. The minimum Gasteiger partial charge on any atom is -0.494 e. The molecule has 7 heteroatoms. The molecule has 0 saturated carbocycles. The molecule has 130 valence electrons. The minimum absolute atomic E-state index is 0.111. The zero-order chi connectivity index (χ0) is 17.5. The maximum absolute atomic E-state index is 14.0. The van der Waals surface area contributed by atoms with Crippen molar-refractivity contribution >= 4 is 10.0 Å². The Labute approximate surface area is 141 Å². The predicted molar refractivity (Wildman–Crippen MR) is 87.0 cm³/mol. The van der Waals surface area contributed by atoms with E-state index in [2.05, 4.69) is 0 Å². The van der Waals surface area contributed by atoms with Crippen molar-refractivity contribution in [2.45, 2.75) is 36.6 Å². The SMILES string of the molecule is COc1ccc(C2CCN(S(=O)(=O)c3ccoc3)C2(C)C)cc1F. The minimum atomic E-state index is -3.65. The lowest BCUT2D eigenvalue weighted by molar-refractivity contribution is 0.269. The lowest BCUT2D eigenvalue weighted by Gasteiger charge is -2.35. The number of rotatable bonds is 4. The van der Waals surface area contributed by atoms with E-state index in [0.717, 1.165) is 5.56 Å². The molecule has 24 heavy (non-hydrogen) atoms. The Balaban J connectivity index is 1.95. The molecule has 0 bridgehead atoms. The molecule has 0 spiro atoms. The number of sulfonamides is 1.